The molecule has 22 heavy (non-hydrogen) atoms. The zero-order valence-electron chi connectivity index (χ0n) is 12.9. The lowest BCUT2D eigenvalue weighted by Gasteiger charge is -2.32. The molecule has 1 fully saturated rings. The summed E-state index contributed by atoms with van der Waals surface area (Å²) in [5.41, 5.74) is 1.72. The van der Waals surface area contributed by atoms with E-state index in [0.717, 1.165) is 36.5 Å². The molecule has 2 heterocycles. The fourth-order valence-corrected chi connectivity index (χ4v) is 3.73. The van der Waals surface area contributed by atoms with Gasteiger partial charge in [-0.3, -0.25) is 4.79 Å². The van der Waals surface area contributed by atoms with Crippen molar-refractivity contribution in [3.63, 3.8) is 0 Å². The van der Waals surface area contributed by atoms with Crippen LogP contribution in [0.5, 0.6) is 5.75 Å². The number of hydrogen-bond acceptors (Lipinski definition) is 4. The number of aromatic nitrogens is 1. The van der Waals surface area contributed by atoms with E-state index in [4.69, 9.17) is 4.74 Å². The molecule has 1 aliphatic heterocycles. The molecule has 1 aromatic carbocycles. The predicted octanol–water partition coefficient (Wildman–Crippen LogP) is 3.48. The van der Waals surface area contributed by atoms with Crippen LogP contribution in [0.4, 0.5) is 0 Å². The van der Waals surface area contributed by atoms with Gasteiger partial charge in [0.25, 0.3) is 5.91 Å². The van der Waals surface area contributed by atoms with E-state index in [9.17, 15) is 4.79 Å². The second-order valence-electron chi connectivity index (χ2n) is 5.66. The van der Waals surface area contributed by atoms with E-state index in [1.807, 2.05) is 41.6 Å². The average Bonchev–Trinajstić information content (AvgIpc) is 3.09. The molecular formula is C17H20N2O2S. The maximum atomic E-state index is 12.9. The predicted molar refractivity (Wildman–Crippen MR) is 87.7 cm³/mol. The first-order valence-corrected chi connectivity index (χ1v) is 8.40. The van der Waals surface area contributed by atoms with Crippen LogP contribution in [0.1, 0.15) is 39.7 Å². The van der Waals surface area contributed by atoms with Gasteiger partial charge >= 0.3 is 0 Å². The number of ether oxygens (including phenoxy) is 1. The van der Waals surface area contributed by atoms with Gasteiger partial charge in [0.15, 0.2) is 0 Å². The number of benzene rings is 1. The molecule has 3 rings (SSSR count). The van der Waals surface area contributed by atoms with Gasteiger partial charge in [-0.1, -0.05) is 11.6 Å². The number of hydrogen-bond donors (Lipinski definition) is 0. The molecule has 0 spiro atoms. The van der Waals surface area contributed by atoms with Crippen LogP contribution in [0.25, 0.3) is 0 Å². The van der Waals surface area contributed by atoms with Crippen molar-refractivity contribution in [1.82, 2.24) is 9.88 Å². The van der Waals surface area contributed by atoms with E-state index in [1.54, 1.807) is 18.4 Å². The summed E-state index contributed by atoms with van der Waals surface area (Å²) in [6, 6.07) is 5.74. The van der Waals surface area contributed by atoms with Crippen LogP contribution in [0.2, 0.25) is 0 Å². The number of thiazole rings is 1. The molecule has 1 unspecified atom stereocenters. The Morgan fingerprint density at radius 1 is 1.45 bits per heavy atom. The van der Waals surface area contributed by atoms with Gasteiger partial charge in [-0.15, -0.1) is 11.3 Å². The number of carbonyl (C=O) groups is 1. The normalized spacial score (nSPS) is 18.3. The van der Waals surface area contributed by atoms with Crippen LogP contribution in [0, 0.1) is 6.92 Å². The third-order valence-electron chi connectivity index (χ3n) is 4.09. The third-order valence-corrected chi connectivity index (χ3v) is 5.03. The molecule has 1 atom stereocenters. The molecule has 1 amide bonds. The minimum atomic E-state index is 0.0572. The molecular weight excluding hydrogens is 296 g/mol. The van der Waals surface area contributed by atoms with Gasteiger partial charge in [-0.05, 0) is 31.9 Å². The van der Waals surface area contributed by atoms with E-state index in [1.165, 1.54) is 0 Å². The lowest BCUT2D eigenvalue weighted by molar-refractivity contribution is 0.0703. The van der Waals surface area contributed by atoms with E-state index in [2.05, 4.69) is 4.98 Å². The molecule has 1 aliphatic rings. The number of piperidine rings is 1. The number of aryl methyl sites for hydroxylation is 1. The quantitative estimate of drug-likeness (QED) is 0.870. The fourth-order valence-electron chi connectivity index (χ4n) is 2.96. The molecule has 0 bridgehead atoms. The summed E-state index contributed by atoms with van der Waals surface area (Å²) < 4.78 is 5.35. The Bertz CT molecular complexity index is 655. The molecule has 1 aromatic heterocycles. The van der Waals surface area contributed by atoms with Crippen LogP contribution in [-0.4, -0.2) is 36.0 Å². The highest BCUT2D eigenvalue weighted by molar-refractivity contribution is 7.09. The second kappa shape index (κ2) is 6.48. The van der Waals surface area contributed by atoms with Crippen molar-refractivity contribution in [2.24, 2.45) is 0 Å². The number of likely N-dealkylation sites (tertiary alicyclic amines) is 1. The summed E-state index contributed by atoms with van der Waals surface area (Å²) in [6.45, 7) is 3.53. The van der Waals surface area contributed by atoms with E-state index < -0.39 is 0 Å². The molecule has 0 radical (unpaired) electrons. The first-order valence-electron chi connectivity index (χ1n) is 7.52. The summed E-state index contributed by atoms with van der Waals surface area (Å²) in [5.74, 6) is 1.06. The second-order valence-corrected chi connectivity index (χ2v) is 6.59. The average molecular weight is 316 g/mol. The monoisotopic (exact) mass is 316 g/mol. The Labute approximate surface area is 134 Å². The highest BCUT2D eigenvalue weighted by Gasteiger charge is 2.28. The molecule has 4 nitrogen and oxygen atoms in total. The first kappa shape index (κ1) is 15.0. The standard InChI is InChI=1S/C17H20N2O2S/c1-12-5-6-15(21-2)14(10-12)17(20)19-8-3-4-13(11-19)16-18-7-9-22-16/h5-7,9-10,13H,3-4,8,11H2,1-2H3. The van der Waals surface area contributed by atoms with Gasteiger partial charge in [-0.2, -0.15) is 0 Å². The Balaban J connectivity index is 1.81. The number of nitrogens with zero attached hydrogens (tertiary/aromatic N) is 2. The van der Waals surface area contributed by atoms with Crippen LogP contribution in [0.3, 0.4) is 0 Å². The van der Waals surface area contributed by atoms with Gasteiger partial charge in [0.2, 0.25) is 0 Å². The van der Waals surface area contributed by atoms with Crippen molar-refractivity contribution in [3.05, 3.63) is 45.9 Å². The smallest absolute Gasteiger partial charge is 0.257 e. The summed E-state index contributed by atoms with van der Waals surface area (Å²) in [5, 5.41) is 3.13. The number of rotatable bonds is 3. The van der Waals surface area contributed by atoms with Gasteiger partial charge in [0.05, 0.1) is 17.7 Å². The van der Waals surface area contributed by atoms with Crippen LogP contribution >= 0.6 is 11.3 Å². The van der Waals surface area contributed by atoms with Crippen LogP contribution in [0.15, 0.2) is 29.8 Å². The zero-order valence-corrected chi connectivity index (χ0v) is 13.7. The van der Waals surface area contributed by atoms with Crippen LogP contribution < -0.4 is 4.74 Å². The molecule has 0 saturated carbocycles. The summed E-state index contributed by atoms with van der Waals surface area (Å²) in [4.78, 5) is 19.2. The summed E-state index contributed by atoms with van der Waals surface area (Å²) >= 11 is 1.68. The van der Waals surface area contributed by atoms with Gasteiger partial charge in [0, 0.05) is 30.6 Å². The highest BCUT2D eigenvalue weighted by atomic mass is 32.1. The molecule has 1 saturated heterocycles. The van der Waals surface area contributed by atoms with Crippen molar-refractivity contribution in [3.8, 4) is 5.75 Å². The Kier molecular flexibility index (Phi) is 4.43. The Hall–Kier alpha value is -1.88. The SMILES string of the molecule is COc1ccc(C)cc1C(=O)N1CCCC(c2nccs2)C1. The Morgan fingerprint density at radius 3 is 3.05 bits per heavy atom. The van der Waals surface area contributed by atoms with Crippen molar-refractivity contribution in [1.29, 1.82) is 0 Å². The minimum Gasteiger partial charge on any atom is -0.496 e. The van der Waals surface area contributed by atoms with E-state index in [-0.39, 0.29) is 5.91 Å². The lowest BCUT2D eigenvalue weighted by Crippen LogP contribution is -2.39. The largest absolute Gasteiger partial charge is 0.496 e. The zero-order chi connectivity index (χ0) is 15.5. The number of carbonyl (C=O) groups excluding carboxylic acids is 1. The van der Waals surface area contributed by atoms with E-state index >= 15 is 0 Å². The topological polar surface area (TPSA) is 42.4 Å². The molecule has 2 aromatic rings. The minimum absolute atomic E-state index is 0.0572. The maximum Gasteiger partial charge on any atom is 0.257 e. The first-order chi connectivity index (χ1) is 10.7. The van der Waals surface area contributed by atoms with Crippen molar-refractivity contribution >= 4 is 17.2 Å². The Morgan fingerprint density at radius 2 is 2.32 bits per heavy atom. The van der Waals surface area contributed by atoms with Gasteiger partial charge in [-0.25, -0.2) is 4.98 Å². The lowest BCUT2D eigenvalue weighted by atomic mass is 9.97. The van der Waals surface area contributed by atoms with Crippen LogP contribution in [-0.2, 0) is 0 Å². The van der Waals surface area contributed by atoms with Crippen molar-refractivity contribution in [2.45, 2.75) is 25.7 Å². The van der Waals surface area contributed by atoms with Gasteiger partial charge < -0.3 is 9.64 Å². The van der Waals surface area contributed by atoms with E-state index in [0.29, 0.717) is 17.2 Å². The van der Waals surface area contributed by atoms with Gasteiger partial charge in [0.1, 0.15) is 5.75 Å². The molecule has 0 aliphatic carbocycles. The molecule has 116 valence electrons. The van der Waals surface area contributed by atoms with Crippen molar-refractivity contribution in [2.75, 3.05) is 20.2 Å². The number of amides is 1. The third kappa shape index (κ3) is 2.99. The molecule has 5 heteroatoms. The number of methoxy groups -OCH3 is 1. The maximum absolute atomic E-state index is 12.9. The fraction of sp³-hybridized carbons (Fsp3) is 0.412. The summed E-state index contributed by atoms with van der Waals surface area (Å²) in [6.07, 6.45) is 3.96. The highest BCUT2D eigenvalue weighted by Crippen LogP contribution is 2.30. The van der Waals surface area contributed by atoms with Crippen molar-refractivity contribution < 1.29 is 9.53 Å². The summed E-state index contributed by atoms with van der Waals surface area (Å²) in [7, 11) is 1.61. The molecule has 0 N–H and O–H groups in total.